The summed E-state index contributed by atoms with van der Waals surface area (Å²) in [6, 6.07) is 3.87. The third-order valence-corrected chi connectivity index (χ3v) is 4.13. The van der Waals surface area contributed by atoms with Gasteiger partial charge < -0.3 is 14.3 Å². The second kappa shape index (κ2) is 4.85. The average Bonchev–Trinajstić information content (AvgIpc) is 2.81. The van der Waals surface area contributed by atoms with Gasteiger partial charge in [0.05, 0.1) is 0 Å². The first-order valence-corrected chi connectivity index (χ1v) is 7.08. The Labute approximate surface area is 113 Å². The average molecular weight is 259 g/mol. The van der Waals surface area contributed by atoms with Crippen LogP contribution >= 0.6 is 0 Å². The molecule has 3 rings (SSSR count). The van der Waals surface area contributed by atoms with Crippen LogP contribution in [0.3, 0.4) is 0 Å². The number of nitrogens with one attached hydrogen (secondary N) is 1. The molecule has 1 unspecified atom stereocenters. The van der Waals surface area contributed by atoms with E-state index in [0.29, 0.717) is 12.0 Å². The molecule has 0 amide bonds. The van der Waals surface area contributed by atoms with Gasteiger partial charge in [-0.1, -0.05) is 0 Å². The van der Waals surface area contributed by atoms with Crippen LogP contribution in [0.2, 0.25) is 0 Å². The summed E-state index contributed by atoms with van der Waals surface area (Å²) in [6.45, 7) is 6.82. The monoisotopic (exact) mass is 259 g/mol. The molecule has 1 aliphatic heterocycles. The van der Waals surface area contributed by atoms with Gasteiger partial charge in [-0.15, -0.1) is 0 Å². The molecule has 0 radical (unpaired) electrons. The van der Waals surface area contributed by atoms with Crippen molar-refractivity contribution in [3.05, 3.63) is 40.4 Å². The number of hydrogen-bond acceptors (Lipinski definition) is 2. The molecule has 19 heavy (non-hydrogen) atoms. The van der Waals surface area contributed by atoms with Crippen molar-refractivity contribution in [1.29, 1.82) is 0 Å². The summed E-state index contributed by atoms with van der Waals surface area (Å²) in [5.41, 5.74) is 2.20. The quantitative estimate of drug-likeness (QED) is 0.898. The van der Waals surface area contributed by atoms with Crippen molar-refractivity contribution in [2.24, 2.45) is 0 Å². The Morgan fingerprint density at radius 3 is 3.05 bits per heavy atom. The predicted molar refractivity (Wildman–Crippen MR) is 76.7 cm³/mol. The van der Waals surface area contributed by atoms with E-state index in [4.69, 9.17) is 0 Å². The number of aromatic nitrogens is 2. The van der Waals surface area contributed by atoms with Gasteiger partial charge in [0.1, 0.15) is 5.65 Å². The van der Waals surface area contributed by atoms with Gasteiger partial charge in [0, 0.05) is 48.7 Å². The van der Waals surface area contributed by atoms with Crippen LogP contribution in [0.15, 0.2) is 29.3 Å². The van der Waals surface area contributed by atoms with E-state index in [-0.39, 0.29) is 5.43 Å². The number of piperidine rings is 1. The Hall–Kier alpha value is -1.55. The zero-order valence-electron chi connectivity index (χ0n) is 11.6. The summed E-state index contributed by atoms with van der Waals surface area (Å²) in [4.78, 5) is 17.3. The largest absolute Gasteiger partial charge is 0.343 e. The predicted octanol–water partition coefficient (Wildman–Crippen LogP) is 2.22. The van der Waals surface area contributed by atoms with Crippen molar-refractivity contribution >= 4 is 5.65 Å². The molecule has 0 aromatic carbocycles. The molecule has 1 aliphatic rings. The number of rotatable bonds is 2. The molecule has 0 spiro atoms. The molecule has 1 saturated heterocycles. The summed E-state index contributed by atoms with van der Waals surface area (Å²) in [5.74, 6) is 0.547. The normalized spacial score (nSPS) is 21.3. The first-order chi connectivity index (χ1) is 9.13. The lowest BCUT2D eigenvalue weighted by molar-refractivity contribution is 0.166. The Morgan fingerprint density at radius 1 is 1.42 bits per heavy atom. The van der Waals surface area contributed by atoms with E-state index in [9.17, 15) is 4.79 Å². The van der Waals surface area contributed by atoms with Crippen LogP contribution in [-0.2, 0) is 0 Å². The number of fused-ring (bicyclic) bond motifs is 1. The van der Waals surface area contributed by atoms with Gasteiger partial charge in [0.15, 0.2) is 5.43 Å². The van der Waals surface area contributed by atoms with Gasteiger partial charge in [0.2, 0.25) is 0 Å². The Morgan fingerprint density at radius 2 is 2.26 bits per heavy atom. The topological polar surface area (TPSA) is 40.5 Å². The van der Waals surface area contributed by atoms with E-state index in [2.05, 4.69) is 29.9 Å². The number of nitrogens with zero attached hydrogens (tertiary/aromatic N) is 2. The number of imidazole rings is 1. The molecule has 1 fully saturated rings. The van der Waals surface area contributed by atoms with Crippen LogP contribution in [0.1, 0.15) is 38.3 Å². The maximum Gasteiger partial charge on any atom is 0.183 e. The molecule has 3 heterocycles. The zero-order chi connectivity index (χ0) is 13.4. The van der Waals surface area contributed by atoms with E-state index in [1.165, 1.54) is 25.1 Å². The van der Waals surface area contributed by atoms with Gasteiger partial charge in [-0.05, 0) is 33.2 Å². The third-order valence-electron chi connectivity index (χ3n) is 4.13. The second-order valence-electron chi connectivity index (χ2n) is 5.79. The molecule has 0 bridgehead atoms. The van der Waals surface area contributed by atoms with Crippen LogP contribution < -0.4 is 5.43 Å². The summed E-state index contributed by atoms with van der Waals surface area (Å²) in [5, 5.41) is 0. The summed E-state index contributed by atoms with van der Waals surface area (Å²) < 4.78 is 2.01. The lowest BCUT2D eigenvalue weighted by Crippen LogP contribution is -2.39. The molecule has 4 nitrogen and oxygen atoms in total. The Bertz CT molecular complexity index is 626. The second-order valence-corrected chi connectivity index (χ2v) is 5.79. The van der Waals surface area contributed by atoms with E-state index in [0.717, 1.165) is 12.2 Å². The number of likely N-dealkylation sites (tertiary alicyclic amines) is 1. The molecule has 102 valence electrons. The van der Waals surface area contributed by atoms with Crippen LogP contribution in [-0.4, -0.2) is 33.4 Å². The van der Waals surface area contributed by atoms with E-state index in [1.54, 1.807) is 12.1 Å². The maximum atomic E-state index is 11.4. The molecule has 2 aromatic heterocycles. The fraction of sp³-hybridized carbons (Fsp3) is 0.533. The van der Waals surface area contributed by atoms with E-state index in [1.807, 2.05) is 10.6 Å². The smallest absolute Gasteiger partial charge is 0.183 e. The van der Waals surface area contributed by atoms with Crippen molar-refractivity contribution in [3.8, 4) is 0 Å². The highest BCUT2D eigenvalue weighted by atomic mass is 16.1. The molecule has 2 aromatic rings. The van der Waals surface area contributed by atoms with E-state index < -0.39 is 0 Å². The maximum absolute atomic E-state index is 11.4. The number of hydrogen-bond donors (Lipinski definition) is 1. The van der Waals surface area contributed by atoms with Crippen molar-refractivity contribution in [3.63, 3.8) is 0 Å². The molecule has 0 aliphatic carbocycles. The Balaban J connectivity index is 1.89. The van der Waals surface area contributed by atoms with Crippen molar-refractivity contribution in [2.45, 2.75) is 38.6 Å². The van der Waals surface area contributed by atoms with Gasteiger partial charge >= 0.3 is 0 Å². The van der Waals surface area contributed by atoms with Crippen LogP contribution in [0.5, 0.6) is 0 Å². The fourth-order valence-corrected chi connectivity index (χ4v) is 2.97. The standard InChI is InChI=1S/C15H21N3O/c1-11(2)17-6-3-4-12(9-17)14-10-18-7-5-13(19)8-15(18)16-14/h5,7-8,10-12,16H,3-4,6,9H2,1-2H3. The van der Waals surface area contributed by atoms with Gasteiger partial charge in [0.25, 0.3) is 0 Å². The van der Waals surface area contributed by atoms with Crippen molar-refractivity contribution in [2.75, 3.05) is 13.1 Å². The summed E-state index contributed by atoms with van der Waals surface area (Å²) in [6.07, 6.45) is 6.43. The lowest BCUT2D eigenvalue weighted by Gasteiger charge is -2.34. The minimum Gasteiger partial charge on any atom is -0.343 e. The van der Waals surface area contributed by atoms with Crippen molar-refractivity contribution < 1.29 is 0 Å². The van der Waals surface area contributed by atoms with Crippen molar-refractivity contribution in [1.82, 2.24) is 14.3 Å². The number of aromatic amines is 1. The van der Waals surface area contributed by atoms with Gasteiger partial charge in [-0.3, -0.25) is 4.79 Å². The van der Waals surface area contributed by atoms with Gasteiger partial charge in [-0.25, -0.2) is 0 Å². The lowest BCUT2D eigenvalue weighted by atomic mass is 9.94. The SMILES string of the molecule is CC(C)N1CCCC(c2cn3ccc(=O)cc3[nH]2)C1. The van der Waals surface area contributed by atoms with Crippen LogP contribution in [0, 0.1) is 0 Å². The first-order valence-electron chi connectivity index (χ1n) is 7.08. The number of pyridine rings is 1. The highest BCUT2D eigenvalue weighted by molar-refractivity contribution is 5.40. The minimum atomic E-state index is 0.0563. The molecule has 1 N–H and O–H groups in total. The molecule has 4 heteroatoms. The van der Waals surface area contributed by atoms with Crippen LogP contribution in [0.25, 0.3) is 5.65 Å². The molecular formula is C15H21N3O. The minimum absolute atomic E-state index is 0.0563. The highest BCUT2D eigenvalue weighted by Crippen LogP contribution is 2.27. The Kier molecular flexibility index (Phi) is 3.19. The summed E-state index contributed by atoms with van der Waals surface area (Å²) in [7, 11) is 0. The zero-order valence-corrected chi connectivity index (χ0v) is 11.6. The van der Waals surface area contributed by atoms with Gasteiger partial charge in [-0.2, -0.15) is 0 Å². The highest BCUT2D eigenvalue weighted by Gasteiger charge is 2.24. The molecular weight excluding hydrogens is 238 g/mol. The van der Waals surface area contributed by atoms with Crippen LogP contribution in [0.4, 0.5) is 0 Å². The fourth-order valence-electron chi connectivity index (χ4n) is 2.97. The molecule has 0 saturated carbocycles. The summed E-state index contributed by atoms with van der Waals surface area (Å²) >= 11 is 0. The molecule has 1 atom stereocenters. The number of H-pyrrole nitrogens is 1. The third kappa shape index (κ3) is 2.45. The van der Waals surface area contributed by atoms with E-state index >= 15 is 0 Å². The first kappa shape index (κ1) is 12.5.